The van der Waals surface area contributed by atoms with Gasteiger partial charge in [0.25, 0.3) is 10.0 Å². The number of carbonyl (C=O) groups is 1. The molecule has 0 amide bonds. The Bertz CT molecular complexity index is 806. The van der Waals surface area contributed by atoms with E-state index in [0.29, 0.717) is 5.56 Å². The lowest BCUT2D eigenvalue weighted by atomic mass is 10.2. The zero-order chi connectivity index (χ0) is 15.6. The van der Waals surface area contributed by atoms with Crippen molar-refractivity contribution in [3.05, 3.63) is 53.5 Å². The van der Waals surface area contributed by atoms with Gasteiger partial charge in [0.2, 0.25) is 0 Å². The van der Waals surface area contributed by atoms with Gasteiger partial charge in [-0.15, -0.1) is 0 Å². The fourth-order valence-electron chi connectivity index (χ4n) is 1.70. The molecule has 0 spiro atoms. The number of benzene rings is 1. The van der Waals surface area contributed by atoms with Crippen molar-refractivity contribution < 1.29 is 22.7 Å². The third-order valence-corrected chi connectivity index (χ3v) is 4.19. The lowest BCUT2D eigenvalue weighted by Crippen LogP contribution is -2.17. The highest BCUT2D eigenvalue weighted by atomic mass is 32.2. The third kappa shape index (κ3) is 3.16. The smallest absolute Gasteiger partial charge is 0.339 e. The minimum Gasteiger partial charge on any atom is -0.478 e. The summed E-state index contributed by atoms with van der Waals surface area (Å²) in [5.41, 5.74) is 0.0341. The summed E-state index contributed by atoms with van der Waals surface area (Å²) in [6.45, 7) is 1.50. The molecule has 2 rings (SSSR count). The van der Waals surface area contributed by atoms with Gasteiger partial charge in [-0.1, -0.05) is 6.07 Å². The summed E-state index contributed by atoms with van der Waals surface area (Å²) in [4.78, 5) is 14.5. The number of rotatable bonds is 4. The zero-order valence-electron chi connectivity index (χ0n) is 10.9. The molecule has 8 heteroatoms. The van der Waals surface area contributed by atoms with Gasteiger partial charge in [-0.05, 0) is 36.8 Å². The van der Waals surface area contributed by atoms with Crippen LogP contribution in [0.1, 0.15) is 15.9 Å². The van der Waals surface area contributed by atoms with Gasteiger partial charge in [-0.3, -0.25) is 4.72 Å². The average molecular weight is 310 g/mol. The molecule has 0 aliphatic heterocycles. The van der Waals surface area contributed by atoms with E-state index < -0.39 is 21.8 Å². The number of nitrogens with zero attached hydrogens (tertiary/aromatic N) is 1. The monoisotopic (exact) mass is 310 g/mol. The number of aromatic nitrogens is 1. The normalized spacial score (nSPS) is 11.1. The van der Waals surface area contributed by atoms with E-state index in [-0.39, 0.29) is 16.3 Å². The van der Waals surface area contributed by atoms with Crippen molar-refractivity contribution in [1.29, 1.82) is 0 Å². The van der Waals surface area contributed by atoms with Crippen molar-refractivity contribution in [1.82, 2.24) is 4.98 Å². The van der Waals surface area contributed by atoms with Crippen LogP contribution in [0.2, 0.25) is 0 Å². The minimum absolute atomic E-state index is 0.274. The molecule has 0 atom stereocenters. The standard InChI is InChI=1S/C13H11FN2O4S/c1-8-4-5-9(14)7-11(8)21(19,20)16-12-10(13(17)18)3-2-6-15-12/h2-7H,1H3,(H,15,16)(H,17,18). The lowest BCUT2D eigenvalue weighted by molar-refractivity contribution is 0.0697. The van der Waals surface area contributed by atoms with Gasteiger partial charge in [0, 0.05) is 6.20 Å². The van der Waals surface area contributed by atoms with Gasteiger partial charge in [0.05, 0.1) is 4.90 Å². The van der Waals surface area contributed by atoms with E-state index in [9.17, 15) is 17.6 Å². The second-order valence-corrected chi connectivity index (χ2v) is 5.87. The van der Waals surface area contributed by atoms with Gasteiger partial charge in [0.15, 0.2) is 5.82 Å². The van der Waals surface area contributed by atoms with Crippen LogP contribution in [0.15, 0.2) is 41.4 Å². The van der Waals surface area contributed by atoms with Crippen LogP contribution in [0.5, 0.6) is 0 Å². The highest BCUT2D eigenvalue weighted by Gasteiger charge is 2.21. The SMILES string of the molecule is Cc1ccc(F)cc1S(=O)(=O)Nc1ncccc1C(=O)O. The molecule has 1 aromatic carbocycles. The van der Waals surface area contributed by atoms with E-state index in [1.165, 1.54) is 31.3 Å². The summed E-state index contributed by atoms with van der Waals surface area (Å²) < 4.78 is 39.8. The maximum absolute atomic E-state index is 13.2. The summed E-state index contributed by atoms with van der Waals surface area (Å²) in [6.07, 6.45) is 1.25. The highest BCUT2D eigenvalue weighted by molar-refractivity contribution is 7.92. The van der Waals surface area contributed by atoms with Crippen molar-refractivity contribution in [2.75, 3.05) is 4.72 Å². The fourth-order valence-corrected chi connectivity index (χ4v) is 2.99. The Hall–Kier alpha value is -2.48. The number of hydrogen-bond acceptors (Lipinski definition) is 4. The molecule has 0 radical (unpaired) electrons. The van der Waals surface area contributed by atoms with E-state index in [4.69, 9.17) is 5.11 Å². The van der Waals surface area contributed by atoms with Crippen LogP contribution in [-0.2, 0) is 10.0 Å². The Labute approximate surface area is 120 Å². The second kappa shape index (κ2) is 5.49. The van der Waals surface area contributed by atoms with E-state index in [1.54, 1.807) is 0 Å². The molecule has 1 aromatic heterocycles. The molecular weight excluding hydrogens is 299 g/mol. The lowest BCUT2D eigenvalue weighted by Gasteiger charge is -2.11. The molecule has 110 valence electrons. The Kier molecular flexibility index (Phi) is 3.90. The number of carboxylic acid groups (broad SMARTS) is 1. The maximum Gasteiger partial charge on any atom is 0.339 e. The summed E-state index contributed by atoms with van der Waals surface area (Å²) in [7, 11) is -4.14. The molecule has 0 saturated heterocycles. The van der Waals surface area contributed by atoms with E-state index in [0.717, 1.165) is 12.1 Å². The van der Waals surface area contributed by atoms with Gasteiger partial charge in [-0.2, -0.15) is 0 Å². The Morgan fingerprint density at radius 2 is 2.05 bits per heavy atom. The van der Waals surface area contributed by atoms with Crippen LogP contribution < -0.4 is 4.72 Å². The van der Waals surface area contributed by atoms with Crippen molar-refractivity contribution in [2.24, 2.45) is 0 Å². The average Bonchev–Trinajstić information content (AvgIpc) is 2.41. The van der Waals surface area contributed by atoms with Crippen LogP contribution in [0.4, 0.5) is 10.2 Å². The fraction of sp³-hybridized carbons (Fsp3) is 0.0769. The topological polar surface area (TPSA) is 96.4 Å². The van der Waals surface area contributed by atoms with E-state index in [1.807, 2.05) is 0 Å². The van der Waals surface area contributed by atoms with Crippen molar-refractivity contribution in [2.45, 2.75) is 11.8 Å². The first-order valence-corrected chi connectivity index (χ1v) is 7.27. The van der Waals surface area contributed by atoms with Crippen LogP contribution in [-0.4, -0.2) is 24.5 Å². The maximum atomic E-state index is 13.2. The Morgan fingerprint density at radius 3 is 2.71 bits per heavy atom. The third-order valence-electron chi connectivity index (χ3n) is 2.71. The van der Waals surface area contributed by atoms with E-state index in [2.05, 4.69) is 9.71 Å². The number of aromatic carboxylic acids is 1. The summed E-state index contributed by atoms with van der Waals surface area (Å²) in [5, 5.41) is 9.00. The molecule has 2 aromatic rings. The molecule has 0 fully saturated rings. The predicted octanol–water partition coefficient (Wildman–Crippen LogP) is 2.03. The Balaban J connectivity index is 2.48. The van der Waals surface area contributed by atoms with Crippen LogP contribution in [0.3, 0.4) is 0 Å². The first kappa shape index (κ1) is 14.9. The largest absolute Gasteiger partial charge is 0.478 e. The van der Waals surface area contributed by atoms with Gasteiger partial charge in [-0.25, -0.2) is 22.6 Å². The first-order valence-electron chi connectivity index (χ1n) is 5.78. The molecular formula is C13H11FN2O4S. The molecule has 0 aliphatic carbocycles. The minimum atomic E-state index is -4.14. The predicted molar refractivity (Wildman–Crippen MR) is 73.1 cm³/mol. The number of hydrogen-bond donors (Lipinski definition) is 2. The van der Waals surface area contributed by atoms with Crippen molar-refractivity contribution in [3.8, 4) is 0 Å². The van der Waals surface area contributed by atoms with Gasteiger partial charge in [0.1, 0.15) is 11.4 Å². The highest BCUT2D eigenvalue weighted by Crippen LogP contribution is 2.21. The quantitative estimate of drug-likeness (QED) is 0.900. The number of halogens is 1. The number of anilines is 1. The van der Waals surface area contributed by atoms with Crippen LogP contribution in [0.25, 0.3) is 0 Å². The number of sulfonamides is 1. The summed E-state index contributed by atoms with van der Waals surface area (Å²) in [6, 6.07) is 5.90. The number of pyridine rings is 1. The molecule has 0 unspecified atom stereocenters. The Morgan fingerprint density at radius 1 is 1.33 bits per heavy atom. The first-order chi connectivity index (χ1) is 9.81. The molecule has 21 heavy (non-hydrogen) atoms. The number of carboxylic acids is 1. The van der Waals surface area contributed by atoms with Gasteiger partial charge >= 0.3 is 5.97 Å². The molecule has 1 heterocycles. The van der Waals surface area contributed by atoms with Crippen molar-refractivity contribution >= 4 is 21.8 Å². The van der Waals surface area contributed by atoms with E-state index >= 15 is 0 Å². The molecule has 2 N–H and O–H groups in total. The second-order valence-electron chi connectivity index (χ2n) is 4.22. The number of nitrogens with one attached hydrogen (secondary N) is 1. The summed E-state index contributed by atoms with van der Waals surface area (Å²) in [5.74, 6) is -2.36. The van der Waals surface area contributed by atoms with Gasteiger partial charge < -0.3 is 5.11 Å². The van der Waals surface area contributed by atoms with Crippen molar-refractivity contribution in [3.63, 3.8) is 0 Å². The zero-order valence-corrected chi connectivity index (χ0v) is 11.7. The van der Waals surface area contributed by atoms with Crippen LogP contribution >= 0.6 is 0 Å². The number of aryl methyl sites for hydroxylation is 1. The van der Waals surface area contributed by atoms with Crippen LogP contribution in [0, 0.1) is 12.7 Å². The molecule has 0 bridgehead atoms. The molecule has 6 nitrogen and oxygen atoms in total. The molecule has 0 aliphatic rings. The molecule has 0 saturated carbocycles. The summed E-state index contributed by atoms with van der Waals surface area (Å²) >= 11 is 0.